The van der Waals surface area contributed by atoms with E-state index in [0.29, 0.717) is 0 Å². The fraction of sp³-hybridized carbons (Fsp3) is 0.250. The molecule has 0 aliphatic carbocycles. The van der Waals surface area contributed by atoms with Crippen LogP contribution in [0.4, 0.5) is 11.6 Å². The highest BCUT2D eigenvalue weighted by atomic mass is 79.9. The summed E-state index contributed by atoms with van der Waals surface area (Å²) in [5.74, 6) is 1.93. The van der Waals surface area contributed by atoms with E-state index < -0.39 is 0 Å². The average Bonchev–Trinajstić information content (AvgIpc) is 2.62. The van der Waals surface area contributed by atoms with Gasteiger partial charge < -0.3 is 9.80 Å². The first-order chi connectivity index (χ1) is 11.3. The van der Waals surface area contributed by atoms with Crippen molar-refractivity contribution >= 4 is 38.5 Å². The molecular weight excluding hydrogens is 356 g/mol. The van der Waals surface area contributed by atoms with Crippen LogP contribution < -0.4 is 9.80 Å². The monoisotopic (exact) mass is 370 g/mol. The minimum atomic E-state index is 0.898. The minimum absolute atomic E-state index is 0.898. The number of fused-ring (bicyclic) bond motifs is 1. The van der Waals surface area contributed by atoms with Gasteiger partial charge in [0.05, 0.1) is 11.7 Å². The van der Waals surface area contributed by atoms with E-state index in [4.69, 9.17) is 0 Å². The molecule has 1 aromatic carbocycles. The number of nitrogens with zero attached hydrogens (tertiary/aromatic N) is 6. The zero-order valence-corrected chi connectivity index (χ0v) is 14.0. The average molecular weight is 371 g/mol. The number of hydrogen-bond donors (Lipinski definition) is 0. The van der Waals surface area contributed by atoms with Crippen LogP contribution in [-0.4, -0.2) is 46.1 Å². The molecule has 0 spiro atoms. The molecule has 1 aliphatic rings. The van der Waals surface area contributed by atoms with Crippen LogP contribution in [0.3, 0.4) is 0 Å². The standard InChI is InChI=1S/C16H15BrN6/c17-12-1-2-14-13(9-12)16(21-11-20-14)23-7-5-22(6-8-23)15-10-18-3-4-19-15/h1-4,9-11H,5-8H2. The Bertz CT molecular complexity index is 817. The Labute approximate surface area is 142 Å². The van der Waals surface area contributed by atoms with Crippen LogP contribution in [0, 0.1) is 0 Å². The summed E-state index contributed by atoms with van der Waals surface area (Å²) in [6.07, 6.45) is 6.88. The molecule has 0 amide bonds. The van der Waals surface area contributed by atoms with E-state index in [-0.39, 0.29) is 0 Å². The molecule has 2 aromatic heterocycles. The van der Waals surface area contributed by atoms with Crippen LogP contribution in [-0.2, 0) is 0 Å². The molecular formula is C16H15BrN6. The van der Waals surface area contributed by atoms with Gasteiger partial charge in [-0.15, -0.1) is 0 Å². The number of benzene rings is 1. The number of rotatable bonds is 2. The molecule has 0 saturated carbocycles. The molecule has 0 unspecified atom stereocenters. The smallest absolute Gasteiger partial charge is 0.147 e. The van der Waals surface area contributed by atoms with E-state index in [1.165, 1.54) is 0 Å². The summed E-state index contributed by atoms with van der Waals surface area (Å²) in [7, 11) is 0. The number of hydrogen-bond acceptors (Lipinski definition) is 6. The van der Waals surface area contributed by atoms with E-state index in [1.807, 2.05) is 18.3 Å². The zero-order chi connectivity index (χ0) is 15.6. The van der Waals surface area contributed by atoms with Crippen LogP contribution in [0.1, 0.15) is 0 Å². The van der Waals surface area contributed by atoms with Crippen LogP contribution in [0.5, 0.6) is 0 Å². The molecule has 0 atom stereocenters. The Morgan fingerprint density at radius 3 is 2.52 bits per heavy atom. The first kappa shape index (κ1) is 14.3. The SMILES string of the molecule is Brc1ccc2ncnc(N3CCN(c4cnccn4)CC3)c2c1. The van der Waals surface area contributed by atoms with Crippen molar-refractivity contribution in [3.8, 4) is 0 Å². The van der Waals surface area contributed by atoms with E-state index in [9.17, 15) is 0 Å². The summed E-state index contributed by atoms with van der Waals surface area (Å²) in [4.78, 5) is 22.0. The Kier molecular flexibility index (Phi) is 3.78. The van der Waals surface area contributed by atoms with Crippen molar-refractivity contribution in [2.24, 2.45) is 0 Å². The largest absolute Gasteiger partial charge is 0.352 e. The van der Waals surface area contributed by atoms with Gasteiger partial charge in [0.15, 0.2) is 0 Å². The number of anilines is 2. The van der Waals surface area contributed by atoms with Crippen molar-refractivity contribution in [3.05, 3.63) is 47.6 Å². The van der Waals surface area contributed by atoms with Gasteiger partial charge in [0, 0.05) is 48.4 Å². The predicted octanol–water partition coefficient (Wildman–Crippen LogP) is 2.51. The number of piperazine rings is 1. The molecule has 0 radical (unpaired) electrons. The third-order valence-corrected chi connectivity index (χ3v) is 4.52. The molecule has 1 aliphatic heterocycles. The van der Waals surface area contributed by atoms with E-state index in [0.717, 1.165) is 53.2 Å². The fourth-order valence-corrected chi connectivity index (χ4v) is 3.23. The molecule has 116 valence electrons. The Hall–Kier alpha value is -2.28. The quantitative estimate of drug-likeness (QED) is 0.690. The third-order valence-electron chi connectivity index (χ3n) is 4.03. The molecule has 1 fully saturated rings. The lowest BCUT2D eigenvalue weighted by Crippen LogP contribution is -2.47. The Morgan fingerprint density at radius 1 is 0.913 bits per heavy atom. The van der Waals surface area contributed by atoms with Crippen LogP contribution >= 0.6 is 15.9 Å². The lowest BCUT2D eigenvalue weighted by Gasteiger charge is -2.36. The molecule has 1 saturated heterocycles. The maximum Gasteiger partial charge on any atom is 0.147 e. The van der Waals surface area contributed by atoms with E-state index in [2.05, 4.69) is 51.7 Å². The summed E-state index contributed by atoms with van der Waals surface area (Å²) in [6.45, 7) is 3.60. The summed E-state index contributed by atoms with van der Waals surface area (Å²) in [5, 5.41) is 1.08. The molecule has 0 N–H and O–H groups in total. The maximum atomic E-state index is 4.52. The molecule has 3 heterocycles. The first-order valence-electron chi connectivity index (χ1n) is 7.47. The molecule has 6 nitrogen and oxygen atoms in total. The first-order valence-corrected chi connectivity index (χ1v) is 8.27. The van der Waals surface area contributed by atoms with Crippen molar-refractivity contribution in [1.82, 2.24) is 19.9 Å². The fourth-order valence-electron chi connectivity index (χ4n) is 2.87. The molecule has 4 rings (SSSR count). The van der Waals surface area contributed by atoms with Gasteiger partial charge in [0.25, 0.3) is 0 Å². The van der Waals surface area contributed by atoms with Gasteiger partial charge in [-0.3, -0.25) is 4.98 Å². The maximum absolute atomic E-state index is 4.52. The normalized spacial score (nSPS) is 15.2. The molecule has 3 aromatic rings. The van der Waals surface area contributed by atoms with Gasteiger partial charge in [0.2, 0.25) is 0 Å². The number of halogens is 1. The zero-order valence-electron chi connectivity index (χ0n) is 12.4. The highest BCUT2D eigenvalue weighted by Gasteiger charge is 2.20. The molecule has 7 heteroatoms. The van der Waals surface area contributed by atoms with Crippen molar-refractivity contribution in [2.75, 3.05) is 36.0 Å². The predicted molar refractivity (Wildman–Crippen MR) is 93.7 cm³/mol. The van der Waals surface area contributed by atoms with Gasteiger partial charge >= 0.3 is 0 Å². The molecule has 23 heavy (non-hydrogen) atoms. The Morgan fingerprint density at radius 2 is 1.74 bits per heavy atom. The van der Waals surface area contributed by atoms with Crippen LogP contribution in [0.25, 0.3) is 10.9 Å². The van der Waals surface area contributed by atoms with Crippen LogP contribution in [0.2, 0.25) is 0 Å². The van der Waals surface area contributed by atoms with Crippen LogP contribution in [0.15, 0.2) is 47.6 Å². The lowest BCUT2D eigenvalue weighted by molar-refractivity contribution is 0.642. The summed E-state index contributed by atoms with van der Waals surface area (Å²) in [5.41, 5.74) is 0.967. The van der Waals surface area contributed by atoms with Crippen molar-refractivity contribution in [3.63, 3.8) is 0 Å². The van der Waals surface area contributed by atoms with E-state index in [1.54, 1.807) is 18.7 Å². The van der Waals surface area contributed by atoms with Crippen molar-refractivity contribution in [2.45, 2.75) is 0 Å². The highest BCUT2D eigenvalue weighted by Crippen LogP contribution is 2.27. The summed E-state index contributed by atoms with van der Waals surface area (Å²) in [6, 6.07) is 6.10. The Balaban J connectivity index is 1.58. The van der Waals surface area contributed by atoms with Gasteiger partial charge in [0.1, 0.15) is 18.0 Å². The lowest BCUT2D eigenvalue weighted by atomic mass is 10.2. The third kappa shape index (κ3) is 2.84. The number of aromatic nitrogens is 4. The van der Waals surface area contributed by atoms with Crippen molar-refractivity contribution < 1.29 is 0 Å². The van der Waals surface area contributed by atoms with Gasteiger partial charge in [-0.05, 0) is 18.2 Å². The molecule has 0 bridgehead atoms. The second-order valence-corrected chi connectivity index (χ2v) is 6.31. The van der Waals surface area contributed by atoms with Crippen molar-refractivity contribution in [1.29, 1.82) is 0 Å². The second-order valence-electron chi connectivity index (χ2n) is 5.40. The summed E-state index contributed by atoms with van der Waals surface area (Å²) < 4.78 is 1.04. The minimum Gasteiger partial charge on any atom is -0.352 e. The van der Waals surface area contributed by atoms with Gasteiger partial charge in [-0.2, -0.15) is 0 Å². The highest BCUT2D eigenvalue weighted by molar-refractivity contribution is 9.10. The van der Waals surface area contributed by atoms with Gasteiger partial charge in [-0.1, -0.05) is 15.9 Å². The second kappa shape index (κ2) is 6.08. The topological polar surface area (TPSA) is 58.0 Å². The van der Waals surface area contributed by atoms with E-state index >= 15 is 0 Å². The summed E-state index contributed by atoms with van der Waals surface area (Å²) >= 11 is 3.53. The van der Waals surface area contributed by atoms with Gasteiger partial charge in [-0.25, -0.2) is 15.0 Å².